The van der Waals surface area contributed by atoms with Crippen molar-refractivity contribution in [1.82, 2.24) is 5.32 Å². The standard InChI is InChI=1S/C14H27NO/c1-10(9-14(2,3)16-4)15-13-8-11-5-6-12(13)7-11/h10-13,15H,5-9H2,1-4H3. The van der Waals surface area contributed by atoms with Crippen LogP contribution in [0.4, 0.5) is 0 Å². The van der Waals surface area contributed by atoms with Gasteiger partial charge in [0.15, 0.2) is 0 Å². The summed E-state index contributed by atoms with van der Waals surface area (Å²) < 4.78 is 5.49. The molecule has 2 saturated carbocycles. The van der Waals surface area contributed by atoms with Gasteiger partial charge in [0.1, 0.15) is 0 Å². The smallest absolute Gasteiger partial charge is 0.0637 e. The first-order valence-corrected chi connectivity index (χ1v) is 6.81. The fourth-order valence-corrected chi connectivity index (χ4v) is 3.69. The van der Waals surface area contributed by atoms with Gasteiger partial charge in [-0.1, -0.05) is 6.42 Å². The monoisotopic (exact) mass is 225 g/mol. The van der Waals surface area contributed by atoms with E-state index in [0.717, 1.165) is 24.3 Å². The van der Waals surface area contributed by atoms with Crippen molar-refractivity contribution in [2.75, 3.05) is 7.11 Å². The first kappa shape index (κ1) is 12.4. The van der Waals surface area contributed by atoms with E-state index in [-0.39, 0.29) is 5.60 Å². The van der Waals surface area contributed by atoms with E-state index in [0.29, 0.717) is 6.04 Å². The van der Waals surface area contributed by atoms with Gasteiger partial charge < -0.3 is 10.1 Å². The highest BCUT2D eigenvalue weighted by atomic mass is 16.5. The normalized spacial score (nSPS) is 35.6. The Morgan fingerprint density at radius 2 is 2.06 bits per heavy atom. The molecule has 94 valence electrons. The summed E-state index contributed by atoms with van der Waals surface area (Å²) in [4.78, 5) is 0. The van der Waals surface area contributed by atoms with Crippen LogP contribution >= 0.6 is 0 Å². The third-order valence-corrected chi connectivity index (χ3v) is 4.59. The van der Waals surface area contributed by atoms with E-state index in [9.17, 15) is 0 Å². The topological polar surface area (TPSA) is 21.3 Å². The zero-order valence-corrected chi connectivity index (χ0v) is 11.3. The largest absolute Gasteiger partial charge is 0.379 e. The van der Waals surface area contributed by atoms with Crippen molar-refractivity contribution >= 4 is 0 Å². The average molecular weight is 225 g/mol. The molecule has 2 bridgehead atoms. The third-order valence-electron chi connectivity index (χ3n) is 4.59. The van der Waals surface area contributed by atoms with Crippen LogP contribution in [0.15, 0.2) is 0 Å². The summed E-state index contributed by atoms with van der Waals surface area (Å²) in [6, 6.07) is 1.36. The lowest BCUT2D eigenvalue weighted by molar-refractivity contribution is 0.00708. The predicted molar refractivity (Wildman–Crippen MR) is 67.5 cm³/mol. The number of fused-ring (bicyclic) bond motifs is 2. The first-order valence-electron chi connectivity index (χ1n) is 6.81. The van der Waals surface area contributed by atoms with Gasteiger partial charge in [0, 0.05) is 19.2 Å². The first-order chi connectivity index (χ1) is 7.50. The molecule has 4 unspecified atom stereocenters. The molecule has 2 rings (SSSR count). The molecule has 0 saturated heterocycles. The van der Waals surface area contributed by atoms with Crippen LogP contribution in [0.2, 0.25) is 0 Å². The second-order valence-corrected chi connectivity index (χ2v) is 6.52. The van der Waals surface area contributed by atoms with Crippen molar-refractivity contribution in [3.8, 4) is 0 Å². The molecule has 0 amide bonds. The highest BCUT2D eigenvalue weighted by Crippen LogP contribution is 2.44. The van der Waals surface area contributed by atoms with Gasteiger partial charge in [-0.25, -0.2) is 0 Å². The maximum Gasteiger partial charge on any atom is 0.0637 e. The molecule has 0 aliphatic heterocycles. The molecule has 2 heteroatoms. The van der Waals surface area contributed by atoms with Crippen LogP contribution < -0.4 is 5.32 Å². The molecule has 0 aromatic carbocycles. The molecule has 0 aromatic rings. The Hall–Kier alpha value is -0.0800. The molecule has 1 N–H and O–H groups in total. The third kappa shape index (κ3) is 2.78. The molecule has 2 fully saturated rings. The van der Waals surface area contributed by atoms with Crippen LogP contribution in [0.25, 0.3) is 0 Å². The van der Waals surface area contributed by atoms with Crippen molar-refractivity contribution in [1.29, 1.82) is 0 Å². The van der Waals surface area contributed by atoms with Crippen molar-refractivity contribution < 1.29 is 4.74 Å². The van der Waals surface area contributed by atoms with E-state index >= 15 is 0 Å². The molecule has 0 radical (unpaired) electrons. The molecular weight excluding hydrogens is 198 g/mol. The van der Waals surface area contributed by atoms with Gasteiger partial charge in [0.2, 0.25) is 0 Å². The molecule has 0 heterocycles. The van der Waals surface area contributed by atoms with Gasteiger partial charge in [-0.05, 0) is 58.3 Å². The summed E-state index contributed by atoms with van der Waals surface area (Å²) in [6.45, 7) is 6.64. The van der Waals surface area contributed by atoms with Crippen LogP contribution in [0, 0.1) is 11.8 Å². The van der Waals surface area contributed by atoms with E-state index in [4.69, 9.17) is 4.74 Å². The second kappa shape index (κ2) is 4.66. The molecule has 2 aliphatic carbocycles. The fourth-order valence-electron chi connectivity index (χ4n) is 3.69. The molecule has 2 aliphatic rings. The van der Waals surface area contributed by atoms with Crippen molar-refractivity contribution in [2.24, 2.45) is 11.8 Å². The second-order valence-electron chi connectivity index (χ2n) is 6.52. The number of hydrogen-bond acceptors (Lipinski definition) is 2. The number of nitrogens with one attached hydrogen (secondary N) is 1. The summed E-state index contributed by atoms with van der Waals surface area (Å²) in [5.74, 6) is 2.00. The minimum atomic E-state index is 0.00400. The molecule has 16 heavy (non-hydrogen) atoms. The summed E-state index contributed by atoms with van der Waals surface area (Å²) in [5.41, 5.74) is 0.00400. The quantitative estimate of drug-likeness (QED) is 0.776. The predicted octanol–water partition coefficient (Wildman–Crippen LogP) is 2.97. The zero-order chi connectivity index (χ0) is 11.8. The lowest BCUT2D eigenvalue weighted by Crippen LogP contribution is -2.43. The molecule has 2 nitrogen and oxygen atoms in total. The lowest BCUT2D eigenvalue weighted by Gasteiger charge is -2.31. The van der Waals surface area contributed by atoms with E-state index < -0.39 is 0 Å². The number of methoxy groups -OCH3 is 1. The van der Waals surface area contributed by atoms with Gasteiger partial charge in [-0.3, -0.25) is 0 Å². The Labute approximate surface area is 100 Å². The van der Waals surface area contributed by atoms with Crippen LogP contribution in [0.1, 0.15) is 52.9 Å². The van der Waals surface area contributed by atoms with Gasteiger partial charge in [-0.2, -0.15) is 0 Å². The lowest BCUT2D eigenvalue weighted by atomic mass is 9.93. The minimum absolute atomic E-state index is 0.00400. The van der Waals surface area contributed by atoms with Gasteiger partial charge >= 0.3 is 0 Å². The maximum absolute atomic E-state index is 5.49. The van der Waals surface area contributed by atoms with E-state index in [1.165, 1.54) is 25.7 Å². The van der Waals surface area contributed by atoms with E-state index in [2.05, 4.69) is 26.1 Å². The molecule has 4 atom stereocenters. The van der Waals surface area contributed by atoms with E-state index in [1.54, 1.807) is 0 Å². The number of hydrogen-bond donors (Lipinski definition) is 1. The maximum atomic E-state index is 5.49. The Bertz CT molecular complexity index is 239. The molecule has 0 spiro atoms. The number of ether oxygens (including phenoxy) is 1. The van der Waals surface area contributed by atoms with Gasteiger partial charge in [-0.15, -0.1) is 0 Å². The summed E-state index contributed by atoms with van der Waals surface area (Å²) in [6.07, 6.45) is 6.95. The van der Waals surface area contributed by atoms with Crippen molar-refractivity contribution in [3.63, 3.8) is 0 Å². The van der Waals surface area contributed by atoms with E-state index in [1.807, 2.05) is 7.11 Å². The Balaban J connectivity index is 1.77. The van der Waals surface area contributed by atoms with Gasteiger partial charge in [0.05, 0.1) is 5.60 Å². The average Bonchev–Trinajstić information content (AvgIpc) is 2.78. The zero-order valence-electron chi connectivity index (χ0n) is 11.3. The fraction of sp³-hybridized carbons (Fsp3) is 1.00. The molecule has 0 aromatic heterocycles. The van der Waals surface area contributed by atoms with Crippen molar-refractivity contribution in [2.45, 2.75) is 70.6 Å². The molecular formula is C14H27NO. The summed E-state index contributed by atoms with van der Waals surface area (Å²) in [7, 11) is 1.81. The van der Waals surface area contributed by atoms with Gasteiger partial charge in [0.25, 0.3) is 0 Å². The van der Waals surface area contributed by atoms with Crippen LogP contribution in [0.3, 0.4) is 0 Å². The summed E-state index contributed by atoms with van der Waals surface area (Å²) >= 11 is 0. The number of rotatable bonds is 5. The highest BCUT2D eigenvalue weighted by Gasteiger charge is 2.39. The van der Waals surface area contributed by atoms with Crippen LogP contribution in [0.5, 0.6) is 0 Å². The van der Waals surface area contributed by atoms with Crippen molar-refractivity contribution in [3.05, 3.63) is 0 Å². The highest BCUT2D eigenvalue weighted by molar-refractivity contribution is 4.95. The summed E-state index contributed by atoms with van der Waals surface area (Å²) in [5, 5.41) is 3.82. The van der Waals surface area contributed by atoms with Crippen LogP contribution in [-0.2, 0) is 4.74 Å². The minimum Gasteiger partial charge on any atom is -0.379 e. The van der Waals surface area contributed by atoms with Crippen LogP contribution in [-0.4, -0.2) is 24.8 Å². The SMILES string of the molecule is COC(C)(C)CC(C)NC1CC2CCC1C2. The Morgan fingerprint density at radius 3 is 2.56 bits per heavy atom. The Kier molecular flexibility index (Phi) is 3.60. The Morgan fingerprint density at radius 1 is 1.31 bits per heavy atom.